The molecule has 6 nitrogen and oxygen atoms in total. The van der Waals surface area contributed by atoms with Crippen LogP contribution in [-0.4, -0.2) is 30.2 Å². The van der Waals surface area contributed by atoms with Crippen molar-refractivity contribution < 1.29 is 22.9 Å². The van der Waals surface area contributed by atoms with Crippen molar-refractivity contribution in [3.8, 4) is 5.75 Å². The van der Waals surface area contributed by atoms with Crippen molar-refractivity contribution in [2.24, 2.45) is 0 Å². The molecule has 0 N–H and O–H groups in total. The van der Waals surface area contributed by atoms with E-state index >= 15 is 0 Å². The highest BCUT2D eigenvalue weighted by Gasteiger charge is 2.17. The molecule has 3 aromatic rings. The molecule has 0 fully saturated rings. The van der Waals surface area contributed by atoms with E-state index in [4.69, 9.17) is 13.9 Å². The molecule has 1 unspecified atom stereocenters. The van der Waals surface area contributed by atoms with Gasteiger partial charge in [0.25, 0.3) is 0 Å². The number of carbonyl (C=O) groups excluding carboxylic acids is 1. The molecule has 7 heteroatoms. The predicted octanol–water partition coefficient (Wildman–Crippen LogP) is 6.77. The number of unbranched alkanes of at least 4 members (excludes halogenated alkanes) is 9. The number of hydrogen-bond acceptors (Lipinski definition) is 6. The molecule has 2 aromatic carbocycles. The molecular formula is C28H36O6S. The summed E-state index contributed by atoms with van der Waals surface area (Å²) < 4.78 is 29.1. The molecule has 1 atom stereocenters. The summed E-state index contributed by atoms with van der Waals surface area (Å²) in [5.41, 5.74) is 0.559. The Morgan fingerprint density at radius 3 is 2.20 bits per heavy atom. The number of carbonyl (C=O) groups is 1. The number of fused-ring (bicyclic) bond motifs is 2. The van der Waals surface area contributed by atoms with Crippen molar-refractivity contribution in [2.45, 2.75) is 76.0 Å². The third-order valence-electron chi connectivity index (χ3n) is 6.21. The van der Waals surface area contributed by atoms with Gasteiger partial charge in [0.2, 0.25) is 5.43 Å². The minimum atomic E-state index is -1.38. The lowest BCUT2D eigenvalue weighted by Gasteiger charge is -2.11. The van der Waals surface area contributed by atoms with Crippen LogP contribution >= 0.6 is 0 Å². The predicted molar refractivity (Wildman–Crippen MR) is 141 cm³/mol. The Morgan fingerprint density at radius 2 is 1.57 bits per heavy atom. The van der Waals surface area contributed by atoms with Gasteiger partial charge in [-0.05, 0) is 30.7 Å². The quantitative estimate of drug-likeness (QED) is 0.138. The van der Waals surface area contributed by atoms with Gasteiger partial charge < -0.3 is 13.9 Å². The van der Waals surface area contributed by atoms with Crippen LogP contribution in [-0.2, 0) is 15.5 Å². The normalized spacial score (nSPS) is 12.2. The molecular weight excluding hydrogens is 464 g/mol. The van der Waals surface area contributed by atoms with E-state index in [1.54, 1.807) is 24.5 Å². The molecule has 3 rings (SSSR count). The Hall–Kier alpha value is -2.67. The maximum atomic E-state index is 13.3. The lowest BCUT2D eigenvalue weighted by molar-refractivity contribution is 0.0601. The first-order valence-corrected chi connectivity index (χ1v) is 14.1. The van der Waals surface area contributed by atoms with Crippen LogP contribution in [0.25, 0.3) is 21.9 Å². The summed E-state index contributed by atoms with van der Waals surface area (Å²) in [6, 6.07) is 7.88. The molecule has 0 spiro atoms. The number of ether oxygens (including phenoxy) is 2. The van der Waals surface area contributed by atoms with Gasteiger partial charge in [0.1, 0.15) is 11.3 Å². The summed E-state index contributed by atoms with van der Waals surface area (Å²) >= 11 is 0. The van der Waals surface area contributed by atoms with E-state index < -0.39 is 16.8 Å². The Bertz CT molecular complexity index is 1230. The van der Waals surface area contributed by atoms with Gasteiger partial charge in [0.05, 0.1) is 45.7 Å². The van der Waals surface area contributed by atoms with Gasteiger partial charge in [-0.3, -0.25) is 9.00 Å². The summed E-state index contributed by atoms with van der Waals surface area (Å²) in [4.78, 5) is 25.6. The SMILES string of the molecule is CCCCCCCCCCCCOc1cc(S(C)=O)c2oc3ccc(C(=O)OC)cc3c(=O)c2c1. The number of benzene rings is 2. The van der Waals surface area contributed by atoms with Gasteiger partial charge in [0, 0.05) is 12.3 Å². The van der Waals surface area contributed by atoms with Crippen LogP contribution in [0.4, 0.5) is 0 Å². The Balaban J connectivity index is 1.69. The van der Waals surface area contributed by atoms with Crippen LogP contribution < -0.4 is 10.2 Å². The highest BCUT2D eigenvalue weighted by atomic mass is 32.2. The summed E-state index contributed by atoms with van der Waals surface area (Å²) in [7, 11) is -0.0929. The Morgan fingerprint density at radius 1 is 0.914 bits per heavy atom. The summed E-state index contributed by atoms with van der Waals surface area (Å²) in [5.74, 6) is -0.0373. The number of methoxy groups -OCH3 is 1. The molecule has 0 radical (unpaired) electrons. The molecule has 0 saturated heterocycles. The van der Waals surface area contributed by atoms with Crippen molar-refractivity contribution in [2.75, 3.05) is 20.0 Å². The van der Waals surface area contributed by atoms with Crippen LogP contribution in [0.3, 0.4) is 0 Å². The number of rotatable bonds is 14. The van der Waals surface area contributed by atoms with E-state index in [2.05, 4.69) is 6.92 Å². The highest BCUT2D eigenvalue weighted by Crippen LogP contribution is 2.29. The van der Waals surface area contributed by atoms with Crippen molar-refractivity contribution in [1.29, 1.82) is 0 Å². The van der Waals surface area contributed by atoms with E-state index in [9.17, 15) is 13.8 Å². The van der Waals surface area contributed by atoms with E-state index in [1.165, 1.54) is 70.6 Å². The van der Waals surface area contributed by atoms with Crippen LogP contribution in [0, 0.1) is 0 Å². The first-order chi connectivity index (χ1) is 17.0. The van der Waals surface area contributed by atoms with Gasteiger partial charge in [-0.2, -0.15) is 0 Å². The van der Waals surface area contributed by atoms with E-state index in [0.29, 0.717) is 22.8 Å². The molecule has 1 aromatic heterocycles. The lowest BCUT2D eigenvalue weighted by Crippen LogP contribution is -2.08. The van der Waals surface area contributed by atoms with E-state index in [-0.39, 0.29) is 27.3 Å². The van der Waals surface area contributed by atoms with Crippen molar-refractivity contribution in [3.63, 3.8) is 0 Å². The van der Waals surface area contributed by atoms with Gasteiger partial charge in [0.15, 0.2) is 5.58 Å². The van der Waals surface area contributed by atoms with Gasteiger partial charge in [-0.1, -0.05) is 64.7 Å². The van der Waals surface area contributed by atoms with Gasteiger partial charge in [-0.15, -0.1) is 0 Å². The molecule has 0 saturated carbocycles. The third kappa shape index (κ3) is 7.17. The molecule has 190 valence electrons. The molecule has 0 bridgehead atoms. The van der Waals surface area contributed by atoms with Crippen LogP contribution in [0.1, 0.15) is 81.5 Å². The minimum Gasteiger partial charge on any atom is -0.494 e. The summed E-state index contributed by atoms with van der Waals surface area (Å²) in [6.07, 6.45) is 13.9. The molecule has 0 aliphatic carbocycles. The van der Waals surface area contributed by atoms with Crippen LogP contribution in [0.15, 0.2) is 44.4 Å². The summed E-state index contributed by atoms with van der Waals surface area (Å²) in [5, 5.41) is 0.547. The first kappa shape index (κ1) is 26.9. The van der Waals surface area contributed by atoms with Crippen molar-refractivity contribution in [3.05, 3.63) is 46.1 Å². The molecule has 0 aliphatic heterocycles. The monoisotopic (exact) mass is 500 g/mol. The second kappa shape index (κ2) is 13.4. The molecule has 35 heavy (non-hydrogen) atoms. The van der Waals surface area contributed by atoms with E-state index in [0.717, 1.165) is 12.8 Å². The van der Waals surface area contributed by atoms with Crippen LogP contribution in [0.2, 0.25) is 0 Å². The van der Waals surface area contributed by atoms with Crippen molar-refractivity contribution in [1.82, 2.24) is 0 Å². The largest absolute Gasteiger partial charge is 0.494 e. The fourth-order valence-corrected chi connectivity index (χ4v) is 4.92. The molecule has 0 amide bonds. The second-order valence-electron chi connectivity index (χ2n) is 8.92. The van der Waals surface area contributed by atoms with E-state index in [1.807, 2.05) is 0 Å². The smallest absolute Gasteiger partial charge is 0.337 e. The topological polar surface area (TPSA) is 82.8 Å². The second-order valence-corrected chi connectivity index (χ2v) is 10.3. The zero-order valence-corrected chi connectivity index (χ0v) is 21.8. The van der Waals surface area contributed by atoms with Gasteiger partial charge >= 0.3 is 5.97 Å². The average Bonchev–Trinajstić information content (AvgIpc) is 2.86. The first-order valence-electron chi connectivity index (χ1n) is 12.6. The zero-order chi connectivity index (χ0) is 25.2. The van der Waals surface area contributed by atoms with Crippen molar-refractivity contribution >= 4 is 38.7 Å². The molecule has 1 heterocycles. The fourth-order valence-electron chi connectivity index (χ4n) is 4.22. The lowest BCUT2D eigenvalue weighted by atomic mass is 10.1. The molecule has 0 aliphatic rings. The maximum Gasteiger partial charge on any atom is 0.337 e. The van der Waals surface area contributed by atoms with Crippen LogP contribution in [0.5, 0.6) is 5.75 Å². The number of hydrogen-bond donors (Lipinski definition) is 0. The Labute approximate surface area is 209 Å². The highest BCUT2D eigenvalue weighted by molar-refractivity contribution is 7.84. The van der Waals surface area contributed by atoms with Gasteiger partial charge in [-0.25, -0.2) is 4.79 Å². The fraction of sp³-hybridized carbons (Fsp3) is 0.500. The maximum absolute atomic E-state index is 13.3. The Kier molecular flexibility index (Phi) is 10.3. The standard InChI is InChI=1S/C28H36O6S/c1-4-5-6-7-8-9-10-11-12-13-16-33-21-18-23-26(29)22-17-20(28(30)32-2)14-15-24(22)34-27(23)25(19-21)35(3)31/h14-15,17-19H,4-13,16H2,1-3H3. The zero-order valence-electron chi connectivity index (χ0n) is 21.0. The third-order valence-corrected chi connectivity index (χ3v) is 7.13. The minimum absolute atomic E-state index is 0.263. The number of esters is 1. The average molecular weight is 501 g/mol. The summed E-state index contributed by atoms with van der Waals surface area (Å²) in [6.45, 7) is 2.77.